The Morgan fingerprint density at radius 2 is 1.75 bits per heavy atom. The first-order valence-corrected chi connectivity index (χ1v) is 6.88. The minimum atomic E-state index is -3.67. The minimum Gasteiger partial charge on any atom is -0.508 e. The second-order valence-corrected chi connectivity index (χ2v) is 4.93. The average molecular weight is 246 g/mol. The highest BCUT2D eigenvalue weighted by atomic mass is 32.2. The third-order valence-corrected chi connectivity index (χ3v) is 1.79. The maximum Gasteiger partial charge on any atom is 0.261 e. The Balaban J connectivity index is 0.000000385. The number of benzene rings is 1. The van der Waals surface area contributed by atoms with Gasteiger partial charge in [0.2, 0.25) is 0 Å². The summed E-state index contributed by atoms with van der Waals surface area (Å²) < 4.78 is 25.9. The van der Waals surface area contributed by atoms with Gasteiger partial charge in [-0.05, 0) is 24.5 Å². The van der Waals surface area contributed by atoms with Gasteiger partial charge < -0.3 is 5.11 Å². The van der Waals surface area contributed by atoms with Gasteiger partial charge in [0.15, 0.2) is 0 Å². The van der Waals surface area contributed by atoms with Gasteiger partial charge in [0.05, 0.1) is 6.26 Å². The summed E-state index contributed by atoms with van der Waals surface area (Å²) in [6.07, 6.45) is 4.03. The van der Waals surface area contributed by atoms with Crippen molar-refractivity contribution >= 4 is 10.1 Å². The highest BCUT2D eigenvalue weighted by Crippen LogP contribution is 2.17. The minimum absolute atomic E-state index is 0.431. The van der Waals surface area contributed by atoms with Gasteiger partial charge in [-0.1, -0.05) is 31.5 Å². The van der Waals surface area contributed by atoms with Crippen LogP contribution in [0.2, 0.25) is 0 Å². The lowest BCUT2D eigenvalue weighted by Crippen LogP contribution is -1.88. The smallest absolute Gasteiger partial charge is 0.261 e. The third-order valence-electron chi connectivity index (χ3n) is 1.79. The molecule has 5 heteroatoms. The van der Waals surface area contributed by atoms with Crippen LogP contribution in [-0.4, -0.2) is 24.3 Å². The Kier molecular flexibility index (Phi) is 6.76. The van der Waals surface area contributed by atoms with Gasteiger partial charge in [0, 0.05) is 0 Å². The van der Waals surface area contributed by atoms with Crippen LogP contribution in [0.4, 0.5) is 0 Å². The summed E-state index contributed by atoms with van der Waals surface area (Å²) in [5.74, 6) is 0.431. The van der Waals surface area contributed by atoms with E-state index in [1.165, 1.54) is 6.42 Å². The first kappa shape index (κ1) is 14.9. The number of rotatable bonds is 3. The average Bonchev–Trinajstić information content (AvgIpc) is 2.14. The number of hydrogen-bond acceptors (Lipinski definition) is 3. The van der Waals surface area contributed by atoms with E-state index in [9.17, 15) is 13.5 Å². The molecule has 0 heterocycles. The van der Waals surface area contributed by atoms with Gasteiger partial charge in [0.1, 0.15) is 5.75 Å². The normalized spacial score (nSPS) is 10.4. The number of para-hydroxylation sites is 1. The van der Waals surface area contributed by atoms with Gasteiger partial charge in [0.25, 0.3) is 10.1 Å². The van der Waals surface area contributed by atoms with Crippen LogP contribution in [-0.2, 0) is 16.5 Å². The highest BCUT2D eigenvalue weighted by molar-refractivity contribution is 7.85. The molecule has 0 spiro atoms. The molecular formula is C11H18O4S. The van der Waals surface area contributed by atoms with Gasteiger partial charge in [-0.3, -0.25) is 4.55 Å². The van der Waals surface area contributed by atoms with Crippen molar-refractivity contribution in [3.8, 4) is 5.75 Å². The maximum atomic E-state index is 9.34. The van der Waals surface area contributed by atoms with Crippen LogP contribution >= 0.6 is 0 Å². The van der Waals surface area contributed by atoms with Crippen molar-refractivity contribution < 1.29 is 18.1 Å². The molecule has 1 aromatic rings. The zero-order chi connectivity index (χ0) is 12.6. The number of phenolic OH excluding ortho intramolecular Hbond substituents is 1. The zero-order valence-electron chi connectivity index (χ0n) is 9.55. The summed E-state index contributed by atoms with van der Waals surface area (Å²) in [6, 6.07) is 7.53. The van der Waals surface area contributed by atoms with E-state index in [1.807, 2.05) is 18.2 Å². The van der Waals surface area contributed by atoms with E-state index in [4.69, 9.17) is 4.55 Å². The molecule has 1 aromatic carbocycles. The second-order valence-electron chi connectivity index (χ2n) is 3.47. The molecule has 0 aromatic heterocycles. The Morgan fingerprint density at radius 3 is 2.19 bits per heavy atom. The molecule has 0 saturated heterocycles. The summed E-state index contributed by atoms with van der Waals surface area (Å²) in [6.45, 7) is 2.15. The van der Waals surface area contributed by atoms with Gasteiger partial charge in [-0.25, -0.2) is 0 Å². The summed E-state index contributed by atoms with van der Waals surface area (Å²) >= 11 is 0. The molecule has 1 rings (SSSR count). The van der Waals surface area contributed by atoms with Gasteiger partial charge >= 0.3 is 0 Å². The molecule has 0 aliphatic heterocycles. The fourth-order valence-electron chi connectivity index (χ4n) is 1.09. The number of aryl methyl sites for hydroxylation is 1. The molecular weight excluding hydrogens is 228 g/mol. The van der Waals surface area contributed by atoms with Crippen molar-refractivity contribution in [2.75, 3.05) is 6.26 Å². The molecule has 0 aliphatic rings. The lowest BCUT2D eigenvalue weighted by molar-refractivity contribution is 0.467. The van der Waals surface area contributed by atoms with E-state index in [0.29, 0.717) is 12.0 Å². The predicted octanol–water partition coefficient (Wildman–Crippen LogP) is 2.24. The molecule has 0 aliphatic carbocycles. The van der Waals surface area contributed by atoms with Gasteiger partial charge in [-0.15, -0.1) is 0 Å². The number of aromatic hydroxyl groups is 1. The van der Waals surface area contributed by atoms with E-state index < -0.39 is 10.1 Å². The molecule has 0 saturated carbocycles. The Morgan fingerprint density at radius 1 is 1.25 bits per heavy atom. The maximum absolute atomic E-state index is 9.34. The molecule has 16 heavy (non-hydrogen) atoms. The molecule has 0 unspecified atom stereocenters. The molecule has 2 N–H and O–H groups in total. The summed E-state index contributed by atoms with van der Waals surface area (Å²) in [5, 5.41) is 9.34. The van der Waals surface area contributed by atoms with Crippen molar-refractivity contribution in [1.82, 2.24) is 0 Å². The largest absolute Gasteiger partial charge is 0.508 e. The van der Waals surface area contributed by atoms with Crippen molar-refractivity contribution in [1.29, 1.82) is 0 Å². The molecule has 0 amide bonds. The molecule has 0 bridgehead atoms. The Hall–Kier alpha value is -1.07. The SMILES string of the molecule is CCCCc1ccccc1O.CS(=O)(=O)O. The van der Waals surface area contributed by atoms with Crippen molar-refractivity contribution in [2.24, 2.45) is 0 Å². The van der Waals surface area contributed by atoms with Crippen LogP contribution in [0.15, 0.2) is 24.3 Å². The Labute approximate surface area is 96.7 Å². The summed E-state index contributed by atoms with van der Waals surface area (Å²) in [7, 11) is -3.67. The fourth-order valence-corrected chi connectivity index (χ4v) is 1.09. The number of phenols is 1. The number of unbranched alkanes of at least 4 members (excludes halogenated alkanes) is 1. The fraction of sp³-hybridized carbons (Fsp3) is 0.455. The van der Waals surface area contributed by atoms with E-state index in [0.717, 1.165) is 18.4 Å². The third kappa shape index (κ3) is 9.48. The van der Waals surface area contributed by atoms with E-state index in [1.54, 1.807) is 6.07 Å². The predicted molar refractivity (Wildman–Crippen MR) is 64.2 cm³/mol. The van der Waals surface area contributed by atoms with Crippen LogP contribution in [0.1, 0.15) is 25.3 Å². The molecule has 0 fully saturated rings. The van der Waals surface area contributed by atoms with E-state index >= 15 is 0 Å². The monoisotopic (exact) mass is 246 g/mol. The van der Waals surface area contributed by atoms with Crippen molar-refractivity contribution in [3.63, 3.8) is 0 Å². The van der Waals surface area contributed by atoms with Crippen LogP contribution in [0.5, 0.6) is 5.75 Å². The first-order valence-electron chi connectivity index (χ1n) is 5.04. The van der Waals surface area contributed by atoms with E-state index in [2.05, 4.69) is 6.92 Å². The molecule has 92 valence electrons. The van der Waals surface area contributed by atoms with Crippen LogP contribution in [0, 0.1) is 0 Å². The van der Waals surface area contributed by atoms with Crippen LogP contribution < -0.4 is 0 Å². The standard InChI is InChI=1S/C10H14O.CH4O3S/c1-2-3-6-9-7-4-5-8-10(9)11;1-5(2,3)4/h4-5,7-8,11H,2-3,6H2,1H3;1H3,(H,2,3,4). The van der Waals surface area contributed by atoms with E-state index in [-0.39, 0.29) is 0 Å². The zero-order valence-corrected chi connectivity index (χ0v) is 10.4. The topological polar surface area (TPSA) is 74.6 Å². The van der Waals surface area contributed by atoms with Crippen molar-refractivity contribution in [2.45, 2.75) is 26.2 Å². The Bertz CT molecular complexity index is 390. The first-order chi connectivity index (χ1) is 7.34. The summed E-state index contributed by atoms with van der Waals surface area (Å²) in [5.41, 5.74) is 1.06. The van der Waals surface area contributed by atoms with Crippen LogP contribution in [0.25, 0.3) is 0 Å². The summed E-state index contributed by atoms with van der Waals surface area (Å²) in [4.78, 5) is 0. The number of hydrogen-bond donors (Lipinski definition) is 2. The second kappa shape index (κ2) is 7.24. The highest BCUT2D eigenvalue weighted by Gasteiger charge is 1.96. The molecule has 4 nitrogen and oxygen atoms in total. The lowest BCUT2D eigenvalue weighted by atomic mass is 10.1. The molecule has 0 radical (unpaired) electrons. The quantitative estimate of drug-likeness (QED) is 0.802. The van der Waals surface area contributed by atoms with Crippen LogP contribution in [0.3, 0.4) is 0 Å². The van der Waals surface area contributed by atoms with Crippen molar-refractivity contribution in [3.05, 3.63) is 29.8 Å². The van der Waals surface area contributed by atoms with Gasteiger partial charge in [-0.2, -0.15) is 8.42 Å². The molecule has 0 atom stereocenters. The lowest BCUT2D eigenvalue weighted by Gasteiger charge is -2.01.